The molecule has 0 fully saturated rings. The Hall–Kier alpha value is -4.71. The third kappa shape index (κ3) is 17.6. The van der Waals surface area contributed by atoms with E-state index in [0.717, 1.165) is 5.56 Å². The molecular weight excluding hydrogens is 670 g/mol. The zero-order chi connectivity index (χ0) is 37.6. The van der Waals surface area contributed by atoms with Gasteiger partial charge in [-0.3, -0.25) is 19.2 Å². The molecule has 1 rings (SSSR count). The van der Waals surface area contributed by atoms with Gasteiger partial charge in [0.25, 0.3) is 5.17 Å². The molecule has 17 nitrogen and oxygen atoms in total. The Bertz CT molecular complexity index is 1280. The molecule has 1 aromatic carbocycles. The lowest BCUT2D eigenvalue weighted by Gasteiger charge is -2.27. The first-order valence-corrected chi connectivity index (χ1v) is 16.8. The third-order valence-electron chi connectivity index (χ3n) is 7.25. The number of amides is 7. The van der Waals surface area contributed by atoms with Crippen LogP contribution in [0.4, 0.5) is 15.3 Å². The molecule has 0 radical (unpaired) electrons. The second-order valence-electron chi connectivity index (χ2n) is 11.8. The zero-order valence-corrected chi connectivity index (χ0v) is 30.3. The standard InChI is InChI=1S/C32H53N9O8S/c1-20(2)26(40-28(44)24(37-21(3)42)9-6-7-15-33)29(45)39-25(10-8-16-36-30(34)46)27(43)38-23-13-11-22(12-14-23)19-49-32(50)41(5)17-18-48-31(47)35-4/h11-14,20,24-26H,6-10,15-19,33H2,1-5H3,(H,35,47)(H,37,42)(H,38,43)(H,39,45)(H,40,44)(H3,34,36,46). The summed E-state index contributed by atoms with van der Waals surface area (Å²) in [5.41, 5.74) is 11.9. The van der Waals surface area contributed by atoms with Crippen molar-refractivity contribution in [3.8, 4) is 0 Å². The number of alkyl carbamates (subject to hydrolysis) is 1. The molecule has 0 heterocycles. The summed E-state index contributed by atoms with van der Waals surface area (Å²) in [6.07, 6.45) is 1.53. The van der Waals surface area contributed by atoms with Crippen LogP contribution in [0.3, 0.4) is 0 Å². The van der Waals surface area contributed by atoms with Crippen LogP contribution in [0.1, 0.15) is 58.4 Å². The summed E-state index contributed by atoms with van der Waals surface area (Å²) in [6, 6.07) is 3.18. The average Bonchev–Trinajstić information content (AvgIpc) is 3.06. The molecule has 18 heteroatoms. The minimum absolute atomic E-state index is 0.124. The third-order valence-corrected chi connectivity index (χ3v) is 7.68. The molecule has 3 atom stereocenters. The van der Waals surface area contributed by atoms with Crippen LogP contribution in [-0.4, -0.2) is 104 Å². The van der Waals surface area contributed by atoms with Gasteiger partial charge in [-0.2, -0.15) is 0 Å². The zero-order valence-electron chi connectivity index (χ0n) is 29.5. The van der Waals surface area contributed by atoms with E-state index in [9.17, 15) is 28.8 Å². The highest BCUT2D eigenvalue weighted by molar-refractivity contribution is 7.80. The lowest BCUT2D eigenvalue weighted by atomic mass is 10.0. The lowest BCUT2D eigenvalue weighted by Crippen LogP contribution is -2.57. The van der Waals surface area contributed by atoms with E-state index in [1.165, 1.54) is 14.0 Å². The highest BCUT2D eigenvalue weighted by Gasteiger charge is 2.31. The second-order valence-corrected chi connectivity index (χ2v) is 12.2. The largest absolute Gasteiger partial charge is 0.466 e. The number of carbonyl (C=O) groups is 6. The van der Waals surface area contributed by atoms with Crippen molar-refractivity contribution >= 4 is 58.8 Å². The Morgan fingerprint density at radius 1 is 0.880 bits per heavy atom. The molecule has 0 aliphatic carbocycles. The van der Waals surface area contributed by atoms with Crippen LogP contribution in [0.5, 0.6) is 0 Å². The molecule has 0 aliphatic rings. The number of hydrogen-bond donors (Lipinski definition) is 8. The SMILES string of the molecule is CNC(=O)OCCN(C)C(=S)OCc1ccc(NC(=O)C(CCCNC(N)=O)NC(=O)C(NC(=O)C(CCCCN)NC(C)=O)C(C)C)cc1. The average molecular weight is 724 g/mol. The second kappa shape index (κ2) is 23.6. The van der Waals surface area contributed by atoms with E-state index in [1.807, 2.05) is 0 Å². The van der Waals surface area contributed by atoms with Crippen molar-refractivity contribution in [3.05, 3.63) is 29.8 Å². The summed E-state index contributed by atoms with van der Waals surface area (Å²) in [5, 5.41) is 15.9. The molecule has 50 heavy (non-hydrogen) atoms. The number of unbranched alkanes of at least 4 members (excludes halogenated alkanes) is 1. The van der Waals surface area contributed by atoms with Crippen LogP contribution in [-0.2, 0) is 35.3 Å². The molecule has 0 saturated heterocycles. The van der Waals surface area contributed by atoms with Gasteiger partial charge < -0.3 is 57.7 Å². The lowest BCUT2D eigenvalue weighted by molar-refractivity contribution is -0.133. The Balaban J connectivity index is 2.94. The van der Waals surface area contributed by atoms with E-state index in [2.05, 4.69) is 31.9 Å². The fraction of sp³-hybridized carbons (Fsp3) is 0.594. The number of primary amides is 1. The minimum atomic E-state index is -1.03. The summed E-state index contributed by atoms with van der Waals surface area (Å²) in [6.45, 7) is 6.02. The van der Waals surface area contributed by atoms with Gasteiger partial charge in [0, 0.05) is 33.3 Å². The highest BCUT2D eigenvalue weighted by Crippen LogP contribution is 2.13. The number of benzene rings is 1. The van der Waals surface area contributed by atoms with Crippen molar-refractivity contribution in [2.75, 3.05) is 45.7 Å². The minimum Gasteiger partial charge on any atom is -0.466 e. The van der Waals surface area contributed by atoms with Gasteiger partial charge in [0.1, 0.15) is 31.3 Å². The van der Waals surface area contributed by atoms with Crippen LogP contribution in [0.15, 0.2) is 24.3 Å². The van der Waals surface area contributed by atoms with Gasteiger partial charge in [-0.1, -0.05) is 26.0 Å². The summed E-state index contributed by atoms with van der Waals surface area (Å²) in [5.74, 6) is -2.38. The predicted molar refractivity (Wildman–Crippen MR) is 192 cm³/mol. The summed E-state index contributed by atoms with van der Waals surface area (Å²) in [4.78, 5) is 75.8. The number of urea groups is 1. The molecule has 10 N–H and O–H groups in total. The number of hydrogen-bond acceptors (Lipinski definition) is 10. The first-order valence-electron chi connectivity index (χ1n) is 16.4. The Morgan fingerprint density at radius 2 is 1.52 bits per heavy atom. The normalized spacial score (nSPS) is 12.4. The van der Waals surface area contributed by atoms with Crippen molar-refractivity contribution in [2.45, 2.75) is 77.6 Å². The number of nitrogens with two attached hydrogens (primary N) is 2. The van der Waals surface area contributed by atoms with E-state index in [1.54, 1.807) is 50.1 Å². The molecule has 7 amide bonds. The van der Waals surface area contributed by atoms with Crippen LogP contribution in [0.25, 0.3) is 0 Å². The monoisotopic (exact) mass is 723 g/mol. The van der Waals surface area contributed by atoms with Crippen LogP contribution in [0, 0.1) is 5.92 Å². The predicted octanol–water partition coefficient (Wildman–Crippen LogP) is 0.422. The molecule has 0 aromatic heterocycles. The first-order chi connectivity index (χ1) is 23.7. The van der Waals surface area contributed by atoms with Gasteiger partial charge in [0.2, 0.25) is 23.6 Å². The number of anilines is 1. The van der Waals surface area contributed by atoms with Crippen molar-refractivity contribution in [1.29, 1.82) is 0 Å². The maximum atomic E-state index is 13.5. The summed E-state index contributed by atoms with van der Waals surface area (Å²) < 4.78 is 10.6. The van der Waals surface area contributed by atoms with Crippen molar-refractivity contribution in [1.82, 2.24) is 31.5 Å². The van der Waals surface area contributed by atoms with Gasteiger partial charge in [-0.25, -0.2) is 9.59 Å². The number of ether oxygens (including phenoxy) is 2. The molecule has 0 aliphatic heterocycles. The van der Waals surface area contributed by atoms with Crippen molar-refractivity contribution in [2.24, 2.45) is 17.4 Å². The summed E-state index contributed by atoms with van der Waals surface area (Å²) >= 11 is 5.28. The number of thiocarbonyl (C=S) groups is 1. The highest BCUT2D eigenvalue weighted by atomic mass is 32.1. The van der Waals surface area contributed by atoms with E-state index < -0.39 is 48.0 Å². The van der Waals surface area contributed by atoms with Crippen molar-refractivity contribution in [3.63, 3.8) is 0 Å². The van der Waals surface area contributed by atoms with E-state index in [-0.39, 0.29) is 43.2 Å². The van der Waals surface area contributed by atoms with Gasteiger partial charge in [-0.05, 0) is 74.5 Å². The van der Waals surface area contributed by atoms with Gasteiger partial charge >= 0.3 is 12.1 Å². The number of rotatable bonds is 21. The van der Waals surface area contributed by atoms with Gasteiger partial charge in [0.15, 0.2) is 0 Å². The van der Waals surface area contributed by atoms with Crippen LogP contribution < -0.4 is 43.4 Å². The van der Waals surface area contributed by atoms with E-state index in [4.69, 9.17) is 33.2 Å². The molecule has 3 unspecified atom stereocenters. The number of nitrogens with zero attached hydrogens (tertiary/aromatic N) is 1. The number of likely N-dealkylation sites (N-methyl/N-ethyl adjacent to an activating group) is 1. The Morgan fingerprint density at radius 3 is 2.10 bits per heavy atom. The Kier molecular flexibility index (Phi) is 20.5. The molecule has 0 spiro atoms. The van der Waals surface area contributed by atoms with Gasteiger partial charge in [-0.15, -0.1) is 0 Å². The molecular formula is C32H53N9O8S. The quantitative estimate of drug-likeness (QED) is 0.0638. The number of nitrogens with one attached hydrogen (secondary N) is 6. The van der Waals surface area contributed by atoms with E-state index in [0.29, 0.717) is 44.5 Å². The van der Waals surface area contributed by atoms with Crippen LogP contribution >= 0.6 is 12.2 Å². The maximum absolute atomic E-state index is 13.5. The van der Waals surface area contributed by atoms with Gasteiger partial charge in [0.05, 0.1) is 6.54 Å². The molecule has 0 bridgehead atoms. The summed E-state index contributed by atoms with van der Waals surface area (Å²) in [7, 11) is 3.17. The van der Waals surface area contributed by atoms with Crippen LogP contribution in [0.2, 0.25) is 0 Å². The van der Waals surface area contributed by atoms with Crippen molar-refractivity contribution < 1.29 is 38.2 Å². The van der Waals surface area contributed by atoms with E-state index >= 15 is 0 Å². The maximum Gasteiger partial charge on any atom is 0.406 e. The number of carbonyl (C=O) groups excluding carboxylic acids is 6. The topological polar surface area (TPSA) is 248 Å². The smallest absolute Gasteiger partial charge is 0.406 e. The first kappa shape index (κ1) is 43.3. The Labute approximate surface area is 298 Å². The fourth-order valence-electron chi connectivity index (χ4n) is 4.45. The molecule has 1 aromatic rings. The molecule has 280 valence electrons. The fourth-order valence-corrected chi connectivity index (χ4v) is 4.60. The molecule has 0 saturated carbocycles.